The number of pyridine rings is 2. The van der Waals surface area contributed by atoms with Gasteiger partial charge in [0.05, 0.1) is 29.6 Å². The summed E-state index contributed by atoms with van der Waals surface area (Å²) in [7, 11) is 1.64. The Bertz CT molecular complexity index is 982. The van der Waals surface area contributed by atoms with E-state index in [0.717, 1.165) is 54.0 Å². The number of piperidine rings is 1. The zero-order valence-corrected chi connectivity index (χ0v) is 16.2. The highest BCUT2D eigenvalue weighted by Gasteiger charge is 2.25. The van der Waals surface area contributed by atoms with Gasteiger partial charge in [-0.3, -0.25) is 14.8 Å². The summed E-state index contributed by atoms with van der Waals surface area (Å²) in [5.74, 6) is 0.823. The van der Waals surface area contributed by atoms with Gasteiger partial charge >= 0.3 is 0 Å². The molecule has 6 heteroatoms. The maximum atomic E-state index is 13.1. The minimum absolute atomic E-state index is 0.0579. The molecule has 0 aliphatic carbocycles. The predicted molar refractivity (Wildman–Crippen MR) is 110 cm³/mol. The number of ether oxygens (including phenoxy) is 1. The lowest BCUT2D eigenvalue weighted by Crippen LogP contribution is -2.42. The van der Waals surface area contributed by atoms with Crippen molar-refractivity contribution < 1.29 is 9.53 Å². The number of nitrogens with zero attached hydrogens (tertiary/aromatic N) is 3. The summed E-state index contributed by atoms with van der Waals surface area (Å²) in [6, 6.07) is 12.0. The molecule has 144 valence electrons. The van der Waals surface area contributed by atoms with Crippen molar-refractivity contribution in [2.24, 2.45) is 0 Å². The molecule has 0 atom stereocenters. The number of carbonyl (C=O) groups is 1. The minimum Gasteiger partial charge on any atom is -0.497 e. The number of anilines is 1. The van der Waals surface area contributed by atoms with Crippen LogP contribution >= 0.6 is 0 Å². The number of rotatable bonds is 4. The number of hydrogen-bond donors (Lipinski definition) is 1. The Balaban J connectivity index is 1.45. The lowest BCUT2D eigenvalue weighted by molar-refractivity contribution is 0.0717. The van der Waals surface area contributed by atoms with E-state index >= 15 is 0 Å². The number of benzene rings is 1. The lowest BCUT2D eigenvalue weighted by atomic mass is 10.0. The highest BCUT2D eigenvalue weighted by molar-refractivity contribution is 5.98. The Labute approximate surface area is 164 Å². The van der Waals surface area contributed by atoms with Gasteiger partial charge in [0.2, 0.25) is 0 Å². The maximum absolute atomic E-state index is 13.1. The van der Waals surface area contributed by atoms with E-state index in [0.29, 0.717) is 11.6 Å². The van der Waals surface area contributed by atoms with Gasteiger partial charge in [-0.15, -0.1) is 0 Å². The first-order chi connectivity index (χ1) is 13.6. The number of methoxy groups -OCH3 is 1. The van der Waals surface area contributed by atoms with Gasteiger partial charge in [0.1, 0.15) is 5.75 Å². The quantitative estimate of drug-likeness (QED) is 0.753. The number of amides is 1. The van der Waals surface area contributed by atoms with E-state index in [2.05, 4.69) is 15.3 Å². The number of carbonyl (C=O) groups excluding carboxylic acids is 1. The van der Waals surface area contributed by atoms with Crippen molar-refractivity contribution >= 4 is 22.5 Å². The number of aryl methyl sites for hydroxylation is 1. The first-order valence-corrected chi connectivity index (χ1v) is 9.55. The molecule has 4 rings (SSSR count). The molecule has 0 spiro atoms. The summed E-state index contributed by atoms with van der Waals surface area (Å²) in [4.78, 5) is 23.8. The topological polar surface area (TPSA) is 67.3 Å². The number of nitrogens with one attached hydrogen (secondary N) is 1. The van der Waals surface area contributed by atoms with Gasteiger partial charge in [0.25, 0.3) is 5.91 Å². The molecule has 28 heavy (non-hydrogen) atoms. The SMILES string of the molecule is COc1ccc2cc(C(=O)N3CCC(Nc4cccnc4)CC3)c(C)nc2c1. The third kappa shape index (κ3) is 3.76. The van der Waals surface area contributed by atoms with Crippen LogP contribution in [0, 0.1) is 6.92 Å². The lowest BCUT2D eigenvalue weighted by Gasteiger charge is -2.33. The van der Waals surface area contributed by atoms with Crippen LogP contribution in [0.2, 0.25) is 0 Å². The Hall–Kier alpha value is -3.15. The fraction of sp³-hybridized carbons (Fsp3) is 0.318. The molecule has 3 heterocycles. The first-order valence-electron chi connectivity index (χ1n) is 9.55. The zero-order valence-electron chi connectivity index (χ0n) is 16.2. The molecular formula is C22H24N4O2. The Morgan fingerprint density at radius 1 is 1.21 bits per heavy atom. The van der Waals surface area contributed by atoms with Crippen molar-refractivity contribution in [3.05, 3.63) is 60.0 Å². The van der Waals surface area contributed by atoms with Gasteiger partial charge < -0.3 is 15.0 Å². The summed E-state index contributed by atoms with van der Waals surface area (Å²) < 4.78 is 5.26. The first kappa shape index (κ1) is 18.2. The van der Waals surface area contributed by atoms with Crippen LogP contribution in [0.15, 0.2) is 48.8 Å². The molecule has 1 aliphatic heterocycles. The highest BCUT2D eigenvalue weighted by atomic mass is 16.5. The summed E-state index contributed by atoms with van der Waals surface area (Å²) in [6.45, 7) is 3.36. The molecule has 0 unspecified atom stereocenters. The number of hydrogen-bond acceptors (Lipinski definition) is 5. The van der Waals surface area contributed by atoms with Crippen molar-refractivity contribution in [2.75, 3.05) is 25.5 Å². The molecule has 6 nitrogen and oxygen atoms in total. The van der Waals surface area contributed by atoms with Gasteiger partial charge in [0.15, 0.2) is 0 Å². The normalized spacial score (nSPS) is 14.9. The summed E-state index contributed by atoms with van der Waals surface area (Å²) >= 11 is 0. The van der Waals surface area contributed by atoms with Crippen molar-refractivity contribution in [3.63, 3.8) is 0 Å². The molecule has 1 amide bonds. The number of fused-ring (bicyclic) bond motifs is 1. The summed E-state index contributed by atoms with van der Waals surface area (Å²) in [6.07, 6.45) is 5.43. The van der Waals surface area contributed by atoms with Gasteiger partial charge in [-0.05, 0) is 50.1 Å². The van der Waals surface area contributed by atoms with Crippen molar-refractivity contribution in [1.29, 1.82) is 0 Å². The molecule has 2 aromatic heterocycles. The fourth-order valence-corrected chi connectivity index (χ4v) is 3.67. The smallest absolute Gasteiger partial charge is 0.255 e. The van der Waals surface area contributed by atoms with Crippen LogP contribution in [0.5, 0.6) is 5.75 Å². The van der Waals surface area contributed by atoms with Crippen molar-refractivity contribution in [2.45, 2.75) is 25.8 Å². The van der Waals surface area contributed by atoms with E-state index in [1.807, 2.05) is 54.4 Å². The van der Waals surface area contributed by atoms with E-state index in [9.17, 15) is 4.79 Å². The van der Waals surface area contributed by atoms with Crippen LogP contribution in [-0.4, -0.2) is 47.0 Å². The van der Waals surface area contributed by atoms with Crippen LogP contribution in [0.25, 0.3) is 10.9 Å². The van der Waals surface area contributed by atoms with Crippen LogP contribution in [0.1, 0.15) is 28.9 Å². The van der Waals surface area contributed by atoms with Gasteiger partial charge in [0, 0.05) is 43.0 Å². The van der Waals surface area contributed by atoms with Gasteiger partial charge in [-0.1, -0.05) is 0 Å². The largest absolute Gasteiger partial charge is 0.497 e. The average molecular weight is 376 g/mol. The van der Waals surface area contributed by atoms with Crippen LogP contribution in [-0.2, 0) is 0 Å². The second-order valence-electron chi connectivity index (χ2n) is 7.13. The van der Waals surface area contributed by atoms with E-state index < -0.39 is 0 Å². The van der Waals surface area contributed by atoms with Gasteiger partial charge in [-0.25, -0.2) is 0 Å². The van der Waals surface area contributed by atoms with E-state index in [-0.39, 0.29) is 5.91 Å². The fourth-order valence-electron chi connectivity index (χ4n) is 3.67. The van der Waals surface area contributed by atoms with Crippen molar-refractivity contribution in [1.82, 2.24) is 14.9 Å². The van der Waals surface area contributed by atoms with Gasteiger partial charge in [-0.2, -0.15) is 0 Å². The number of aromatic nitrogens is 2. The molecule has 3 aromatic rings. The average Bonchev–Trinajstić information content (AvgIpc) is 2.73. The van der Waals surface area contributed by atoms with E-state index in [1.54, 1.807) is 13.3 Å². The van der Waals surface area contributed by atoms with Crippen LogP contribution < -0.4 is 10.1 Å². The Kier molecular flexibility index (Phi) is 5.10. The van der Waals surface area contributed by atoms with Crippen LogP contribution in [0.3, 0.4) is 0 Å². The molecule has 0 radical (unpaired) electrons. The standard InChI is InChI=1S/C22H24N4O2/c1-15-20(12-16-5-6-19(28-2)13-21(16)24-15)22(27)26-10-7-17(8-11-26)25-18-4-3-9-23-14-18/h3-6,9,12-14,17,25H,7-8,10-11H2,1-2H3. The second kappa shape index (κ2) is 7.84. The Morgan fingerprint density at radius 2 is 2.04 bits per heavy atom. The molecule has 1 N–H and O–H groups in total. The highest BCUT2D eigenvalue weighted by Crippen LogP contribution is 2.24. The second-order valence-corrected chi connectivity index (χ2v) is 7.13. The monoisotopic (exact) mass is 376 g/mol. The summed E-state index contributed by atoms with van der Waals surface area (Å²) in [5, 5.41) is 4.45. The third-order valence-corrected chi connectivity index (χ3v) is 5.26. The predicted octanol–water partition coefficient (Wildman–Crippen LogP) is 3.66. The third-order valence-electron chi connectivity index (χ3n) is 5.26. The molecule has 0 saturated carbocycles. The summed E-state index contributed by atoms with van der Waals surface area (Å²) in [5.41, 5.74) is 3.29. The molecule has 0 bridgehead atoms. The van der Waals surface area contributed by atoms with E-state index in [1.165, 1.54) is 0 Å². The molecule has 1 aromatic carbocycles. The van der Waals surface area contributed by atoms with Crippen LogP contribution in [0.4, 0.5) is 5.69 Å². The van der Waals surface area contributed by atoms with Crippen molar-refractivity contribution in [3.8, 4) is 5.75 Å². The molecule has 1 aliphatic rings. The number of likely N-dealkylation sites (tertiary alicyclic amines) is 1. The molecular weight excluding hydrogens is 352 g/mol. The zero-order chi connectivity index (χ0) is 19.5. The maximum Gasteiger partial charge on any atom is 0.255 e. The molecule has 1 saturated heterocycles. The molecule has 1 fully saturated rings. The van der Waals surface area contributed by atoms with E-state index in [4.69, 9.17) is 4.74 Å². The minimum atomic E-state index is 0.0579. The Morgan fingerprint density at radius 3 is 2.75 bits per heavy atom.